The van der Waals surface area contributed by atoms with Crippen LogP contribution in [0, 0.1) is 13.8 Å². The summed E-state index contributed by atoms with van der Waals surface area (Å²) in [7, 11) is -3.78. The van der Waals surface area contributed by atoms with Crippen molar-refractivity contribution in [3.63, 3.8) is 0 Å². The van der Waals surface area contributed by atoms with Gasteiger partial charge in [-0.15, -0.1) is 0 Å². The summed E-state index contributed by atoms with van der Waals surface area (Å²) in [6.45, 7) is 4.48. The van der Waals surface area contributed by atoms with Gasteiger partial charge in [-0.2, -0.15) is 0 Å². The molecule has 1 atom stereocenters. The summed E-state index contributed by atoms with van der Waals surface area (Å²) in [6.07, 6.45) is 2.76. The van der Waals surface area contributed by atoms with Crippen LogP contribution in [0.15, 0.2) is 23.1 Å². The van der Waals surface area contributed by atoms with Crippen LogP contribution in [0.4, 0.5) is 0 Å². The van der Waals surface area contributed by atoms with Gasteiger partial charge in [0.05, 0.1) is 11.0 Å². The molecule has 116 valence electrons. The molecule has 1 fully saturated rings. The van der Waals surface area contributed by atoms with E-state index in [4.69, 9.17) is 4.74 Å². The Labute approximate surface area is 125 Å². The molecule has 0 bridgehead atoms. The van der Waals surface area contributed by atoms with E-state index in [0.717, 1.165) is 30.6 Å². The second-order valence-electron chi connectivity index (χ2n) is 5.45. The maximum absolute atomic E-state index is 12.1. The molecule has 1 aromatic carbocycles. The second kappa shape index (κ2) is 6.58. The van der Waals surface area contributed by atoms with Crippen LogP contribution in [0.2, 0.25) is 0 Å². The number of rotatable bonds is 5. The molecule has 1 N–H and O–H groups in total. The van der Waals surface area contributed by atoms with Gasteiger partial charge < -0.3 is 4.74 Å². The highest BCUT2D eigenvalue weighted by atomic mass is 32.2. The summed E-state index contributed by atoms with van der Waals surface area (Å²) >= 11 is 0. The van der Waals surface area contributed by atoms with Gasteiger partial charge in [-0.3, -0.25) is 4.79 Å². The van der Waals surface area contributed by atoms with E-state index in [-0.39, 0.29) is 17.4 Å². The molecule has 2 rings (SSSR count). The van der Waals surface area contributed by atoms with Crippen molar-refractivity contribution in [3.8, 4) is 0 Å². The molecule has 5 nitrogen and oxygen atoms in total. The van der Waals surface area contributed by atoms with Crippen LogP contribution in [-0.4, -0.2) is 27.0 Å². The van der Waals surface area contributed by atoms with Gasteiger partial charge in [0.25, 0.3) is 10.0 Å². The van der Waals surface area contributed by atoms with Crippen LogP contribution in [-0.2, 0) is 19.6 Å². The number of ether oxygens (including phenoxy) is 1. The molecule has 21 heavy (non-hydrogen) atoms. The summed E-state index contributed by atoms with van der Waals surface area (Å²) < 4.78 is 31.8. The lowest BCUT2D eigenvalue weighted by atomic mass is 10.1. The minimum absolute atomic E-state index is 0.0834. The molecular weight excluding hydrogens is 290 g/mol. The molecule has 1 saturated heterocycles. The van der Waals surface area contributed by atoms with E-state index in [1.807, 2.05) is 13.8 Å². The molecule has 1 aliphatic rings. The van der Waals surface area contributed by atoms with Crippen molar-refractivity contribution in [2.24, 2.45) is 0 Å². The predicted molar refractivity (Wildman–Crippen MR) is 79.5 cm³/mol. The Hall–Kier alpha value is -1.40. The summed E-state index contributed by atoms with van der Waals surface area (Å²) in [5, 5.41) is 0. The van der Waals surface area contributed by atoms with Gasteiger partial charge in [0.1, 0.15) is 0 Å². The molecular formula is C15H21NO4S. The molecule has 1 heterocycles. The fourth-order valence-corrected chi connectivity index (χ4v) is 3.40. The van der Waals surface area contributed by atoms with E-state index in [0.29, 0.717) is 6.42 Å². The zero-order valence-corrected chi connectivity index (χ0v) is 13.2. The van der Waals surface area contributed by atoms with Crippen molar-refractivity contribution < 1.29 is 17.9 Å². The highest BCUT2D eigenvalue weighted by Gasteiger charge is 2.21. The molecule has 1 aromatic rings. The third-order valence-electron chi connectivity index (χ3n) is 3.75. The third-order valence-corrected chi connectivity index (χ3v) is 5.13. The van der Waals surface area contributed by atoms with Crippen molar-refractivity contribution in [3.05, 3.63) is 29.3 Å². The summed E-state index contributed by atoms with van der Waals surface area (Å²) in [6, 6.07) is 4.82. The van der Waals surface area contributed by atoms with Crippen LogP contribution in [0.1, 0.15) is 36.8 Å². The Kier molecular flexibility index (Phi) is 5.00. The largest absolute Gasteiger partial charge is 0.378 e. The number of sulfonamides is 1. The second-order valence-corrected chi connectivity index (χ2v) is 7.13. The van der Waals surface area contributed by atoms with E-state index in [1.54, 1.807) is 12.1 Å². The highest BCUT2D eigenvalue weighted by molar-refractivity contribution is 7.90. The van der Waals surface area contributed by atoms with Crippen LogP contribution >= 0.6 is 0 Å². The quantitative estimate of drug-likeness (QED) is 0.903. The van der Waals surface area contributed by atoms with Gasteiger partial charge in [-0.25, -0.2) is 13.1 Å². The molecule has 0 saturated carbocycles. The average molecular weight is 311 g/mol. The Balaban J connectivity index is 1.96. The zero-order valence-electron chi connectivity index (χ0n) is 12.4. The van der Waals surface area contributed by atoms with Crippen LogP contribution < -0.4 is 4.72 Å². The van der Waals surface area contributed by atoms with Gasteiger partial charge in [0.2, 0.25) is 5.91 Å². The minimum Gasteiger partial charge on any atom is -0.378 e. The smallest absolute Gasteiger partial charge is 0.264 e. The number of hydrogen-bond donors (Lipinski definition) is 1. The zero-order chi connectivity index (χ0) is 15.5. The summed E-state index contributed by atoms with van der Waals surface area (Å²) in [5.74, 6) is -0.483. The van der Waals surface area contributed by atoms with Crippen molar-refractivity contribution in [1.29, 1.82) is 0 Å². The Bertz CT molecular complexity index is 619. The maximum atomic E-state index is 12.1. The van der Waals surface area contributed by atoms with Crippen molar-refractivity contribution in [1.82, 2.24) is 4.72 Å². The number of benzene rings is 1. The van der Waals surface area contributed by atoms with Crippen LogP contribution in [0.5, 0.6) is 0 Å². The first-order valence-electron chi connectivity index (χ1n) is 7.13. The molecule has 0 spiro atoms. The van der Waals surface area contributed by atoms with E-state index in [1.165, 1.54) is 6.07 Å². The Morgan fingerprint density at radius 2 is 2.10 bits per heavy atom. The third kappa shape index (κ3) is 4.28. The van der Waals surface area contributed by atoms with Gasteiger partial charge in [0, 0.05) is 13.0 Å². The maximum Gasteiger partial charge on any atom is 0.264 e. The highest BCUT2D eigenvalue weighted by Crippen LogP contribution is 2.18. The van der Waals surface area contributed by atoms with E-state index in [2.05, 4.69) is 4.72 Å². The van der Waals surface area contributed by atoms with Crippen molar-refractivity contribution in [2.45, 2.75) is 50.5 Å². The first kappa shape index (κ1) is 16.0. The van der Waals surface area contributed by atoms with E-state index in [9.17, 15) is 13.2 Å². The van der Waals surface area contributed by atoms with E-state index >= 15 is 0 Å². The van der Waals surface area contributed by atoms with Crippen LogP contribution in [0.25, 0.3) is 0 Å². The molecule has 0 aromatic heterocycles. The first-order valence-corrected chi connectivity index (χ1v) is 8.61. The number of carbonyl (C=O) groups excluding carboxylic acids is 1. The molecule has 1 aliphatic heterocycles. The standard InChI is InChI=1S/C15H21NO4S/c1-11-5-7-14(10-12(11)2)21(18,19)16-15(17)8-6-13-4-3-9-20-13/h5,7,10,13H,3-4,6,8-9H2,1-2H3,(H,16,17)/t13-/m0/s1. The van der Waals surface area contributed by atoms with Crippen molar-refractivity contribution >= 4 is 15.9 Å². The van der Waals surface area contributed by atoms with Gasteiger partial charge in [-0.05, 0) is 56.4 Å². The molecule has 0 unspecified atom stereocenters. The average Bonchev–Trinajstić information content (AvgIpc) is 2.92. The topological polar surface area (TPSA) is 72.5 Å². The lowest BCUT2D eigenvalue weighted by Crippen LogP contribution is -2.31. The number of aryl methyl sites for hydroxylation is 2. The molecule has 1 amide bonds. The fraction of sp³-hybridized carbons (Fsp3) is 0.533. The number of carbonyl (C=O) groups is 1. The van der Waals surface area contributed by atoms with Crippen molar-refractivity contribution in [2.75, 3.05) is 6.61 Å². The molecule has 6 heteroatoms. The van der Waals surface area contributed by atoms with Gasteiger partial charge in [0.15, 0.2) is 0 Å². The lowest BCUT2D eigenvalue weighted by molar-refractivity contribution is -0.119. The van der Waals surface area contributed by atoms with Gasteiger partial charge in [-0.1, -0.05) is 6.07 Å². The Morgan fingerprint density at radius 3 is 2.71 bits per heavy atom. The monoisotopic (exact) mass is 311 g/mol. The summed E-state index contributed by atoms with van der Waals surface area (Å²) in [4.78, 5) is 11.9. The molecule has 0 radical (unpaired) electrons. The lowest BCUT2D eigenvalue weighted by Gasteiger charge is -2.11. The number of nitrogens with one attached hydrogen (secondary N) is 1. The number of amides is 1. The first-order chi connectivity index (χ1) is 9.88. The SMILES string of the molecule is Cc1ccc(S(=O)(=O)NC(=O)CC[C@@H]2CCCO2)cc1C. The molecule has 0 aliphatic carbocycles. The number of hydrogen-bond acceptors (Lipinski definition) is 4. The normalized spacial score (nSPS) is 18.7. The Morgan fingerprint density at radius 1 is 1.33 bits per heavy atom. The minimum atomic E-state index is -3.78. The van der Waals surface area contributed by atoms with Gasteiger partial charge >= 0.3 is 0 Å². The van der Waals surface area contributed by atoms with Crippen LogP contribution in [0.3, 0.4) is 0 Å². The summed E-state index contributed by atoms with van der Waals surface area (Å²) in [5.41, 5.74) is 1.89. The van der Waals surface area contributed by atoms with E-state index < -0.39 is 15.9 Å². The fourth-order valence-electron chi connectivity index (χ4n) is 2.30. The predicted octanol–water partition coefficient (Wildman–Crippen LogP) is 2.07.